The summed E-state index contributed by atoms with van der Waals surface area (Å²) in [6.07, 6.45) is 8.26. The number of carbonyl (C=O) groups excluding carboxylic acids is 1. The second kappa shape index (κ2) is 8.55. The van der Waals surface area contributed by atoms with Gasteiger partial charge in [0.05, 0.1) is 0 Å². The Balaban J connectivity index is 1.45. The summed E-state index contributed by atoms with van der Waals surface area (Å²) in [4.78, 5) is 25.2. The molecule has 1 saturated carbocycles. The van der Waals surface area contributed by atoms with Crippen LogP contribution >= 0.6 is 11.8 Å². The van der Waals surface area contributed by atoms with Crippen molar-refractivity contribution in [3.05, 3.63) is 18.5 Å². The number of anilines is 1. The molecular formula is C17H27N5OS. The van der Waals surface area contributed by atoms with Crippen molar-refractivity contribution in [3.8, 4) is 0 Å². The van der Waals surface area contributed by atoms with Crippen LogP contribution in [0.5, 0.6) is 0 Å². The number of nitrogens with zero attached hydrogens (tertiary/aromatic N) is 4. The van der Waals surface area contributed by atoms with E-state index < -0.39 is 0 Å². The van der Waals surface area contributed by atoms with E-state index in [1.54, 1.807) is 12.4 Å². The Morgan fingerprint density at radius 3 is 2.71 bits per heavy atom. The first-order valence-electron chi connectivity index (χ1n) is 8.95. The highest BCUT2D eigenvalue weighted by Crippen LogP contribution is 2.28. The number of nitrogens with one attached hydrogen (secondary N) is 1. The van der Waals surface area contributed by atoms with Crippen molar-refractivity contribution >= 4 is 23.7 Å². The van der Waals surface area contributed by atoms with Gasteiger partial charge in [-0.1, -0.05) is 13.3 Å². The van der Waals surface area contributed by atoms with Gasteiger partial charge in [0.1, 0.15) is 0 Å². The maximum absolute atomic E-state index is 12.5. The minimum atomic E-state index is 0.0933. The van der Waals surface area contributed by atoms with E-state index >= 15 is 0 Å². The van der Waals surface area contributed by atoms with Gasteiger partial charge in [0.15, 0.2) is 0 Å². The zero-order chi connectivity index (χ0) is 16.8. The van der Waals surface area contributed by atoms with Gasteiger partial charge in [-0.2, -0.15) is 11.8 Å². The number of hydrogen-bond donors (Lipinski definition) is 1. The second-order valence-electron chi connectivity index (χ2n) is 6.41. The van der Waals surface area contributed by atoms with Crippen LogP contribution in [0.25, 0.3) is 0 Å². The number of thioether (sulfide) groups is 1. The first-order chi connectivity index (χ1) is 11.8. The lowest BCUT2D eigenvalue weighted by molar-refractivity contribution is 0.186. The van der Waals surface area contributed by atoms with Crippen LogP contribution in [0, 0.1) is 0 Å². The maximum atomic E-state index is 12.5. The number of amides is 2. The molecule has 3 rings (SSSR count). The number of rotatable bonds is 4. The summed E-state index contributed by atoms with van der Waals surface area (Å²) in [5.41, 5.74) is 0. The van der Waals surface area contributed by atoms with Gasteiger partial charge < -0.3 is 15.1 Å². The Kier molecular flexibility index (Phi) is 6.18. The van der Waals surface area contributed by atoms with E-state index in [9.17, 15) is 4.79 Å². The fourth-order valence-electron chi connectivity index (χ4n) is 3.49. The van der Waals surface area contributed by atoms with Crippen molar-refractivity contribution in [2.45, 2.75) is 43.9 Å². The number of hydrogen-bond acceptors (Lipinski definition) is 5. The summed E-state index contributed by atoms with van der Waals surface area (Å²) in [7, 11) is 0. The van der Waals surface area contributed by atoms with E-state index in [0.29, 0.717) is 11.3 Å². The first kappa shape index (κ1) is 17.3. The number of piperazine rings is 1. The van der Waals surface area contributed by atoms with Gasteiger partial charge in [-0.3, -0.25) is 0 Å². The van der Waals surface area contributed by atoms with Crippen LogP contribution in [0.2, 0.25) is 0 Å². The average Bonchev–Trinajstić information content (AvgIpc) is 2.63. The van der Waals surface area contributed by atoms with Gasteiger partial charge in [0.25, 0.3) is 0 Å². The predicted molar refractivity (Wildman–Crippen MR) is 98.5 cm³/mol. The molecule has 0 radical (unpaired) electrons. The van der Waals surface area contributed by atoms with Gasteiger partial charge in [-0.05, 0) is 31.1 Å². The summed E-state index contributed by atoms with van der Waals surface area (Å²) in [6, 6.07) is 2.25. The molecule has 2 fully saturated rings. The molecule has 2 heterocycles. The average molecular weight is 350 g/mol. The molecule has 2 amide bonds. The minimum absolute atomic E-state index is 0.0933. The second-order valence-corrected chi connectivity index (χ2v) is 7.99. The SMILES string of the molecule is CCS[C@H]1CCC[C@H](NC(=O)N2CCN(c3ncccn3)CC2)C1. The van der Waals surface area contributed by atoms with E-state index in [1.165, 1.54) is 12.8 Å². The fraction of sp³-hybridized carbons (Fsp3) is 0.706. The highest BCUT2D eigenvalue weighted by molar-refractivity contribution is 7.99. The molecule has 1 aromatic heterocycles. The number of urea groups is 1. The van der Waals surface area contributed by atoms with Gasteiger partial charge in [0, 0.05) is 49.9 Å². The maximum Gasteiger partial charge on any atom is 0.317 e. The Morgan fingerprint density at radius 2 is 2.00 bits per heavy atom. The molecule has 2 atom stereocenters. The lowest BCUT2D eigenvalue weighted by atomic mass is 9.95. The van der Waals surface area contributed by atoms with E-state index in [1.807, 2.05) is 22.7 Å². The van der Waals surface area contributed by atoms with Crippen LogP contribution < -0.4 is 10.2 Å². The molecule has 6 nitrogen and oxygen atoms in total. The smallest absolute Gasteiger partial charge is 0.317 e. The van der Waals surface area contributed by atoms with Gasteiger partial charge in [-0.15, -0.1) is 0 Å². The zero-order valence-corrected chi connectivity index (χ0v) is 15.2. The Bertz CT molecular complexity index is 519. The molecule has 1 saturated heterocycles. The Labute approximate surface area is 148 Å². The monoisotopic (exact) mass is 349 g/mol. The fourth-order valence-corrected chi connectivity index (χ4v) is 4.67. The zero-order valence-electron chi connectivity index (χ0n) is 14.4. The summed E-state index contributed by atoms with van der Waals surface area (Å²) in [5, 5.41) is 3.96. The number of aromatic nitrogens is 2. The molecule has 1 aliphatic heterocycles. The Morgan fingerprint density at radius 1 is 1.25 bits per heavy atom. The topological polar surface area (TPSA) is 61.4 Å². The van der Waals surface area contributed by atoms with Crippen molar-refractivity contribution < 1.29 is 4.79 Å². The van der Waals surface area contributed by atoms with Crippen molar-refractivity contribution in [2.24, 2.45) is 0 Å². The van der Waals surface area contributed by atoms with Gasteiger partial charge >= 0.3 is 6.03 Å². The van der Waals surface area contributed by atoms with Crippen LogP contribution in [0.4, 0.5) is 10.7 Å². The van der Waals surface area contributed by atoms with Crippen LogP contribution in [-0.2, 0) is 0 Å². The van der Waals surface area contributed by atoms with Crippen molar-refractivity contribution in [1.29, 1.82) is 0 Å². The molecule has 1 N–H and O–H groups in total. The van der Waals surface area contributed by atoms with Crippen molar-refractivity contribution in [1.82, 2.24) is 20.2 Å². The molecule has 7 heteroatoms. The third-order valence-electron chi connectivity index (χ3n) is 4.76. The number of carbonyl (C=O) groups is 1. The lowest BCUT2D eigenvalue weighted by Gasteiger charge is -2.36. The predicted octanol–water partition coefficient (Wildman–Crippen LogP) is 2.37. The third-order valence-corrected chi connectivity index (χ3v) is 5.99. The largest absolute Gasteiger partial charge is 0.337 e. The van der Waals surface area contributed by atoms with E-state index in [4.69, 9.17) is 0 Å². The summed E-state index contributed by atoms with van der Waals surface area (Å²) >= 11 is 2.03. The molecule has 0 spiro atoms. The molecule has 1 aliphatic carbocycles. The molecule has 1 aromatic rings. The molecule has 0 aromatic carbocycles. The van der Waals surface area contributed by atoms with Gasteiger partial charge in [0.2, 0.25) is 5.95 Å². The van der Waals surface area contributed by atoms with E-state index in [2.05, 4.69) is 27.1 Å². The van der Waals surface area contributed by atoms with Crippen LogP contribution in [0.3, 0.4) is 0 Å². The van der Waals surface area contributed by atoms with Gasteiger partial charge in [-0.25, -0.2) is 14.8 Å². The summed E-state index contributed by atoms with van der Waals surface area (Å²) in [6.45, 7) is 5.24. The molecule has 2 aliphatic rings. The summed E-state index contributed by atoms with van der Waals surface area (Å²) in [5.74, 6) is 1.92. The van der Waals surface area contributed by atoms with Crippen molar-refractivity contribution in [2.75, 3.05) is 36.8 Å². The Hall–Kier alpha value is -1.50. The lowest BCUT2D eigenvalue weighted by Crippen LogP contribution is -2.54. The van der Waals surface area contributed by atoms with Crippen LogP contribution in [-0.4, -0.2) is 64.1 Å². The minimum Gasteiger partial charge on any atom is -0.337 e. The van der Waals surface area contributed by atoms with Crippen LogP contribution in [0.1, 0.15) is 32.6 Å². The molecule has 0 unspecified atom stereocenters. The first-order valence-corrected chi connectivity index (χ1v) is 10.00. The van der Waals surface area contributed by atoms with E-state index in [0.717, 1.165) is 50.7 Å². The molecule has 132 valence electrons. The highest BCUT2D eigenvalue weighted by atomic mass is 32.2. The standard InChI is InChI=1S/C17H27N5OS/c1-2-24-15-6-3-5-14(13-15)20-17(23)22-11-9-21(10-12-22)16-18-7-4-8-19-16/h4,7-8,14-15H,2-3,5-6,9-13H2,1H3,(H,20,23)/t14-,15-/m0/s1. The molecular weight excluding hydrogens is 322 g/mol. The molecule has 0 bridgehead atoms. The molecule has 24 heavy (non-hydrogen) atoms. The summed E-state index contributed by atoms with van der Waals surface area (Å²) < 4.78 is 0. The van der Waals surface area contributed by atoms with E-state index in [-0.39, 0.29) is 6.03 Å². The van der Waals surface area contributed by atoms with Crippen molar-refractivity contribution in [3.63, 3.8) is 0 Å². The third kappa shape index (κ3) is 4.53. The normalized spacial score (nSPS) is 24.7. The quantitative estimate of drug-likeness (QED) is 0.904. The van der Waals surface area contributed by atoms with Crippen LogP contribution in [0.15, 0.2) is 18.5 Å². The highest BCUT2D eigenvalue weighted by Gasteiger charge is 2.27.